The lowest BCUT2D eigenvalue weighted by Gasteiger charge is -2.23. The normalized spacial score (nSPS) is 13.6. The molecule has 2 aromatic carbocycles. The van der Waals surface area contributed by atoms with Crippen LogP contribution in [0, 0.1) is 5.82 Å². The Morgan fingerprint density at radius 3 is 2.72 bits per heavy atom. The Labute approximate surface area is 149 Å². The van der Waals surface area contributed by atoms with Crippen LogP contribution >= 0.6 is 11.8 Å². The number of para-hydroxylation sites is 2. The van der Waals surface area contributed by atoms with Crippen molar-refractivity contribution in [2.75, 3.05) is 29.1 Å². The third-order valence-electron chi connectivity index (χ3n) is 3.75. The average Bonchev–Trinajstić information content (AvgIpc) is 2.79. The maximum Gasteiger partial charge on any atom is 0.326 e. The topological polar surface area (TPSA) is 61.4 Å². The molecular weight excluding hydrogens is 341 g/mol. The van der Waals surface area contributed by atoms with E-state index in [9.17, 15) is 14.0 Å². The van der Waals surface area contributed by atoms with Crippen molar-refractivity contribution >= 4 is 35.1 Å². The molecular formula is C18H18FN3O2S. The molecule has 0 saturated carbocycles. The standard InChI is InChI=1S/C18H18FN3O2S/c19-13-6-1-2-7-14(13)20-18(24)21-17(23)12-22-10-5-11-25-16-9-4-3-8-15(16)22/h1-4,6-9H,5,10-12H2,(H2,20,21,23,24). The minimum absolute atomic E-state index is 0.0318. The summed E-state index contributed by atoms with van der Waals surface area (Å²) in [5.74, 6) is 0.00206. The van der Waals surface area contributed by atoms with Crippen molar-refractivity contribution < 1.29 is 14.0 Å². The summed E-state index contributed by atoms with van der Waals surface area (Å²) in [6, 6.07) is 13.0. The number of carbonyl (C=O) groups excluding carboxylic acids is 2. The molecule has 0 saturated heterocycles. The zero-order valence-electron chi connectivity index (χ0n) is 13.5. The summed E-state index contributed by atoms with van der Waals surface area (Å²) in [5, 5.41) is 4.59. The van der Waals surface area contributed by atoms with Crippen molar-refractivity contribution in [3.05, 3.63) is 54.3 Å². The Morgan fingerprint density at radius 1 is 1.12 bits per heavy atom. The van der Waals surface area contributed by atoms with Gasteiger partial charge < -0.3 is 10.2 Å². The number of thioether (sulfide) groups is 1. The van der Waals surface area contributed by atoms with Crippen molar-refractivity contribution in [3.63, 3.8) is 0 Å². The molecule has 1 heterocycles. The number of halogens is 1. The van der Waals surface area contributed by atoms with E-state index in [1.54, 1.807) is 17.8 Å². The zero-order chi connectivity index (χ0) is 17.6. The maximum absolute atomic E-state index is 13.5. The molecule has 2 aromatic rings. The molecule has 0 fully saturated rings. The molecule has 130 valence electrons. The summed E-state index contributed by atoms with van der Waals surface area (Å²) in [6.45, 7) is 0.814. The van der Waals surface area contributed by atoms with E-state index in [2.05, 4.69) is 10.6 Å². The van der Waals surface area contributed by atoms with Gasteiger partial charge in [0.25, 0.3) is 0 Å². The molecule has 7 heteroatoms. The molecule has 5 nitrogen and oxygen atoms in total. The Kier molecular flexibility index (Phi) is 5.55. The number of carbonyl (C=O) groups is 2. The van der Waals surface area contributed by atoms with Crippen LogP contribution in [-0.2, 0) is 4.79 Å². The lowest BCUT2D eigenvalue weighted by molar-refractivity contribution is -0.118. The van der Waals surface area contributed by atoms with E-state index in [0.717, 1.165) is 29.3 Å². The number of hydrogen-bond acceptors (Lipinski definition) is 4. The van der Waals surface area contributed by atoms with Crippen LogP contribution in [0.1, 0.15) is 6.42 Å². The van der Waals surface area contributed by atoms with E-state index in [4.69, 9.17) is 0 Å². The van der Waals surface area contributed by atoms with Crippen LogP contribution in [0.4, 0.5) is 20.6 Å². The number of fused-ring (bicyclic) bond motifs is 1. The molecule has 1 aliphatic heterocycles. The van der Waals surface area contributed by atoms with Crippen LogP contribution in [0.3, 0.4) is 0 Å². The van der Waals surface area contributed by atoms with Crippen LogP contribution in [0.15, 0.2) is 53.4 Å². The van der Waals surface area contributed by atoms with Gasteiger partial charge in [0.05, 0.1) is 17.9 Å². The fraction of sp³-hybridized carbons (Fsp3) is 0.222. The van der Waals surface area contributed by atoms with E-state index in [1.165, 1.54) is 18.2 Å². The first-order chi connectivity index (χ1) is 12.1. The second-order valence-corrected chi connectivity index (χ2v) is 6.71. The first kappa shape index (κ1) is 17.3. The number of anilines is 2. The SMILES string of the molecule is O=C(CN1CCCSc2ccccc21)NC(=O)Nc1ccccc1F. The number of rotatable bonds is 3. The fourth-order valence-corrected chi connectivity index (χ4v) is 3.63. The molecule has 2 N–H and O–H groups in total. The molecule has 1 aliphatic rings. The van der Waals surface area contributed by atoms with Crippen molar-refractivity contribution in [3.8, 4) is 0 Å². The van der Waals surface area contributed by atoms with Gasteiger partial charge in [-0.1, -0.05) is 24.3 Å². The molecule has 0 aliphatic carbocycles. The van der Waals surface area contributed by atoms with Gasteiger partial charge >= 0.3 is 6.03 Å². The van der Waals surface area contributed by atoms with Gasteiger partial charge in [0.15, 0.2) is 0 Å². The van der Waals surface area contributed by atoms with Gasteiger partial charge in [-0.05, 0) is 36.4 Å². The molecule has 0 spiro atoms. The Balaban J connectivity index is 1.61. The average molecular weight is 359 g/mol. The van der Waals surface area contributed by atoms with E-state index in [1.807, 2.05) is 29.2 Å². The number of hydrogen-bond donors (Lipinski definition) is 2. The van der Waals surface area contributed by atoms with E-state index < -0.39 is 17.8 Å². The number of urea groups is 1. The number of amides is 3. The fourth-order valence-electron chi connectivity index (χ4n) is 2.62. The van der Waals surface area contributed by atoms with Gasteiger partial charge in [0.1, 0.15) is 5.82 Å². The summed E-state index contributed by atoms with van der Waals surface area (Å²) in [6.07, 6.45) is 0.952. The molecule has 0 radical (unpaired) electrons. The van der Waals surface area contributed by atoms with Gasteiger partial charge in [-0.25, -0.2) is 9.18 Å². The predicted molar refractivity (Wildman–Crippen MR) is 97.6 cm³/mol. The first-order valence-corrected chi connectivity index (χ1v) is 8.94. The van der Waals surface area contributed by atoms with Gasteiger partial charge in [-0.3, -0.25) is 10.1 Å². The lowest BCUT2D eigenvalue weighted by Crippen LogP contribution is -2.42. The van der Waals surface area contributed by atoms with Crippen molar-refractivity contribution in [1.82, 2.24) is 5.32 Å². The molecule has 3 amide bonds. The molecule has 0 aromatic heterocycles. The predicted octanol–water partition coefficient (Wildman–Crippen LogP) is 3.48. The van der Waals surface area contributed by atoms with E-state index >= 15 is 0 Å². The molecule has 0 bridgehead atoms. The van der Waals surface area contributed by atoms with Crippen LogP contribution in [-0.4, -0.2) is 30.8 Å². The van der Waals surface area contributed by atoms with E-state index in [-0.39, 0.29) is 12.2 Å². The van der Waals surface area contributed by atoms with Crippen LogP contribution in [0.5, 0.6) is 0 Å². The van der Waals surface area contributed by atoms with Gasteiger partial charge in [0, 0.05) is 11.4 Å². The minimum Gasteiger partial charge on any atom is -0.361 e. The first-order valence-electron chi connectivity index (χ1n) is 7.95. The highest BCUT2D eigenvalue weighted by molar-refractivity contribution is 7.99. The Hall–Kier alpha value is -2.54. The highest BCUT2D eigenvalue weighted by Crippen LogP contribution is 2.33. The second-order valence-electron chi connectivity index (χ2n) is 5.57. The summed E-state index contributed by atoms with van der Waals surface area (Å²) < 4.78 is 13.5. The smallest absolute Gasteiger partial charge is 0.326 e. The van der Waals surface area contributed by atoms with Gasteiger partial charge in [-0.15, -0.1) is 11.8 Å². The third kappa shape index (κ3) is 4.51. The monoisotopic (exact) mass is 359 g/mol. The molecule has 3 rings (SSSR count). The summed E-state index contributed by atoms with van der Waals surface area (Å²) in [5.41, 5.74) is 1.03. The Morgan fingerprint density at radius 2 is 1.88 bits per heavy atom. The number of imide groups is 1. The number of benzene rings is 2. The highest BCUT2D eigenvalue weighted by atomic mass is 32.2. The quantitative estimate of drug-likeness (QED) is 0.881. The van der Waals surface area contributed by atoms with E-state index in [0.29, 0.717) is 0 Å². The number of nitrogens with one attached hydrogen (secondary N) is 2. The molecule has 0 atom stereocenters. The molecule has 25 heavy (non-hydrogen) atoms. The highest BCUT2D eigenvalue weighted by Gasteiger charge is 2.19. The van der Waals surface area contributed by atoms with Gasteiger partial charge in [0.2, 0.25) is 5.91 Å². The Bertz CT molecular complexity index is 784. The van der Waals surface area contributed by atoms with Gasteiger partial charge in [-0.2, -0.15) is 0 Å². The summed E-state index contributed by atoms with van der Waals surface area (Å²) >= 11 is 1.76. The van der Waals surface area contributed by atoms with Crippen LogP contribution < -0.4 is 15.5 Å². The number of nitrogens with zero attached hydrogens (tertiary/aromatic N) is 1. The van der Waals surface area contributed by atoms with Crippen molar-refractivity contribution in [1.29, 1.82) is 0 Å². The summed E-state index contributed by atoms with van der Waals surface area (Å²) in [7, 11) is 0. The largest absolute Gasteiger partial charge is 0.361 e. The lowest BCUT2D eigenvalue weighted by atomic mass is 10.2. The van der Waals surface area contributed by atoms with Crippen molar-refractivity contribution in [2.24, 2.45) is 0 Å². The van der Waals surface area contributed by atoms with Crippen LogP contribution in [0.2, 0.25) is 0 Å². The zero-order valence-corrected chi connectivity index (χ0v) is 14.3. The maximum atomic E-state index is 13.5. The minimum atomic E-state index is -0.743. The molecule has 0 unspecified atom stereocenters. The van der Waals surface area contributed by atoms with Crippen LogP contribution in [0.25, 0.3) is 0 Å². The summed E-state index contributed by atoms with van der Waals surface area (Å²) in [4.78, 5) is 27.2. The second kappa shape index (κ2) is 8.02. The third-order valence-corrected chi connectivity index (χ3v) is 4.89. The van der Waals surface area contributed by atoms with Crippen molar-refractivity contribution in [2.45, 2.75) is 11.3 Å².